The molecule has 34 heavy (non-hydrogen) atoms. The molecule has 0 spiro atoms. The molecule has 7 heteroatoms. The van der Waals surface area contributed by atoms with Crippen LogP contribution in [0.5, 0.6) is 5.75 Å². The summed E-state index contributed by atoms with van der Waals surface area (Å²) < 4.78 is 11.2. The van der Waals surface area contributed by atoms with E-state index in [0.29, 0.717) is 47.1 Å². The van der Waals surface area contributed by atoms with Crippen molar-refractivity contribution >= 4 is 28.5 Å². The highest BCUT2D eigenvalue weighted by molar-refractivity contribution is 6.14. The lowest BCUT2D eigenvalue weighted by atomic mass is 9.99. The maximum Gasteiger partial charge on any atom is 0.291 e. The topological polar surface area (TPSA) is 75.0 Å². The number of fused-ring (bicyclic) bond motifs is 1. The summed E-state index contributed by atoms with van der Waals surface area (Å²) in [5, 5.41) is 3.65. The van der Waals surface area contributed by atoms with Gasteiger partial charge in [0.25, 0.3) is 11.8 Å². The van der Waals surface area contributed by atoms with Gasteiger partial charge in [0, 0.05) is 30.1 Å². The molecule has 0 aliphatic carbocycles. The minimum atomic E-state index is -0.316. The zero-order chi connectivity index (χ0) is 23.5. The van der Waals surface area contributed by atoms with Crippen LogP contribution < -0.4 is 10.1 Å². The number of para-hydroxylation sites is 1. The molecule has 0 saturated carbocycles. The number of methoxy groups -OCH3 is 1. The molecule has 0 bridgehead atoms. The summed E-state index contributed by atoms with van der Waals surface area (Å²) in [5.74, 6) is 0.295. The molecule has 2 saturated heterocycles. The zero-order valence-electron chi connectivity index (χ0n) is 19.6. The van der Waals surface area contributed by atoms with Crippen molar-refractivity contribution in [1.82, 2.24) is 9.80 Å². The third-order valence-electron chi connectivity index (χ3n) is 7.02. The monoisotopic (exact) mass is 461 g/mol. The van der Waals surface area contributed by atoms with E-state index in [0.717, 1.165) is 12.8 Å². The van der Waals surface area contributed by atoms with Crippen LogP contribution in [0, 0.1) is 0 Å². The fourth-order valence-corrected chi connectivity index (χ4v) is 5.13. The number of nitrogens with one attached hydrogen (secondary N) is 1. The Morgan fingerprint density at radius 3 is 2.50 bits per heavy atom. The Hall–Kier alpha value is -3.32. The number of benzene rings is 2. The number of carbonyl (C=O) groups is 2. The number of amides is 2. The van der Waals surface area contributed by atoms with Gasteiger partial charge in [0.1, 0.15) is 17.0 Å². The molecule has 2 amide bonds. The van der Waals surface area contributed by atoms with Crippen molar-refractivity contribution in [2.45, 2.75) is 38.1 Å². The third-order valence-corrected chi connectivity index (χ3v) is 7.02. The Kier molecular flexibility index (Phi) is 6.54. The molecule has 0 unspecified atom stereocenters. The van der Waals surface area contributed by atoms with Crippen LogP contribution >= 0.6 is 0 Å². The Balaban J connectivity index is 1.36. The average Bonchev–Trinajstić information content (AvgIpc) is 3.27. The molecule has 1 aromatic heterocycles. The fourth-order valence-electron chi connectivity index (χ4n) is 5.13. The fraction of sp³-hybridized carbons (Fsp3) is 0.407. The Labute approximate surface area is 199 Å². The molecule has 0 atom stereocenters. The van der Waals surface area contributed by atoms with Gasteiger partial charge in [0.15, 0.2) is 0 Å². The quantitative estimate of drug-likeness (QED) is 0.592. The number of nitrogens with zero attached hydrogens (tertiary/aromatic N) is 2. The van der Waals surface area contributed by atoms with E-state index in [9.17, 15) is 9.59 Å². The van der Waals surface area contributed by atoms with E-state index in [1.54, 1.807) is 31.4 Å². The summed E-state index contributed by atoms with van der Waals surface area (Å²) in [6.07, 6.45) is 5.81. The number of anilines is 1. The highest BCUT2D eigenvalue weighted by Gasteiger charge is 2.31. The van der Waals surface area contributed by atoms with E-state index < -0.39 is 0 Å². The second-order valence-electron chi connectivity index (χ2n) is 9.11. The van der Waals surface area contributed by atoms with Crippen molar-refractivity contribution in [1.29, 1.82) is 0 Å². The van der Waals surface area contributed by atoms with Crippen LogP contribution in [0.1, 0.15) is 53.0 Å². The predicted octanol–water partition coefficient (Wildman–Crippen LogP) is 4.78. The summed E-state index contributed by atoms with van der Waals surface area (Å²) in [6, 6.07) is 14.9. The van der Waals surface area contributed by atoms with E-state index in [-0.39, 0.29) is 17.6 Å². The lowest BCUT2D eigenvalue weighted by Crippen LogP contribution is -2.48. The van der Waals surface area contributed by atoms with Gasteiger partial charge in [-0.05, 0) is 69.1 Å². The predicted molar refractivity (Wildman–Crippen MR) is 132 cm³/mol. The first-order chi connectivity index (χ1) is 16.6. The molecular weight excluding hydrogens is 430 g/mol. The second-order valence-corrected chi connectivity index (χ2v) is 9.11. The number of furan rings is 1. The summed E-state index contributed by atoms with van der Waals surface area (Å²) in [5.41, 5.74) is 1.45. The smallest absolute Gasteiger partial charge is 0.291 e. The van der Waals surface area contributed by atoms with Crippen molar-refractivity contribution < 1.29 is 18.7 Å². The van der Waals surface area contributed by atoms with Crippen LogP contribution in [-0.4, -0.2) is 60.9 Å². The van der Waals surface area contributed by atoms with Gasteiger partial charge in [0.2, 0.25) is 5.76 Å². The van der Waals surface area contributed by atoms with Crippen LogP contribution in [-0.2, 0) is 0 Å². The zero-order valence-corrected chi connectivity index (χ0v) is 19.6. The summed E-state index contributed by atoms with van der Waals surface area (Å²) >= 11 is 0. The molecule has 2 aliphatic heterocycles. The van der Waals surface area contributed by atoms with Gasteiger partial charge < -0.3 is 24.3 Å². The molecule has 5 rings (SSSR count). The minimum Gasteiger partial charge on any atom is -0.497 e. The molecule has 1 N–H and O–H groups in total. The van der Waals surface area contributed by atoms with Crippen LogP contribution in [0.2, 0.25) is 0 Å². The third kappa shape index (κ3) is 4.53. The number of likely N-dealkylation sites (tertiary alicyclic amines) is 2. The van der Waals surface area contributed by atoms with Crippen LogP contribution in [0.3, 0.4) is 0 Å². The molecule has 2 aliphatic rings. The summed E-state index contributed by atoms with van der Waals surface area (Å²) in [6.45, 7) is 3.73. The highest BCUT2D eigenvalue weighted by Crippen LogP contribution is 2.33. The Morgan fingerprint density at radius 1 is 0.971 bits per heavy atom. The Morgan fingerprint density at radius 2 is 1.74 bits per heavy atom. The van der Waals surface area contributed by atoms with Crippen LogP contribution in [0.4, 0.5) is 5.69 Å². The molecule has 178 valence electrons. The summed E-state index contributed by atoms with van der Waals surface area (Å²) in [4.78, 5) is 31.0. The molecule has 2 aromatic carbocycles. The molecule has 7 nitrogen and oxygen atoms in total. The molecule has 3 heterocycles. The maximum absolute atomic E-state index is 13.5. The van der Waals surface area contributed by atoms with Gasteiger partial charge in [0.05, 0.1) is 7.11 Å². The average molecular weight is 462 g/mol. The van der Waals surface area contributed by atoms with Crippen molar-refractivity contribution in [3.63, 3.8) is 0 Å². The number of piperidine rings is 2. The van der Waals surface area contributed by atoms with E-state index in [1.165, 1.54) is 32.4 Å². The SMILES string of the molecule is COc1cccc(C(=O)Nc2c(C(=O)N3CCC(N4CCCCC4)CC3)oc3ccccc23)c1. The standard InChI is InChI=1S/C27H31N3O4/c1-33-21-9-7-8-19(18-21)26(31)28-24-22-10-3-4-11-23(22)34-25(24)27(32)30-16-12-20(13-17-30)29-14-5-2-6-15-29/h3-4,7-11,18,20H,2,5-6,12-17H2,1H3,(H,28,31). The molecule has 0 radical (unpaired) electrons. The normalized spacial score (nSPS) is 17.6. The Bertz CT molecular complexity index is 1170. The van der Waals surface area contributed by atoms with E-state index >= 15 is 0 Å². The minimum absolute atomic E-state index is 0.172. The number of hydrogen-bond donors (Lipinski definition) is 1. The largest absolute Gasteiger partial charge is 0.497 e. The number of carbonyl (C=O) groups excluding carboxylic acids is 2. The van der Waals surface area contributed by atoms with E-state index in [1.807, 2.05) is 29.2 Å². The second kappa shape index (κ2) is 9.89. The van der Waals surface area contributed by atoms with Crippen LogP contribution in [0.15, 0.2) is 52.9 Å². The highest BCUT2D eigenvalue weighted by atomic mass is 16.5. The summed E-state index contributed by atoms with van der Waals surface area (Å²) in [7, 11) is 1.56. The van der Waals surface area contributed by atoms with Crippen LogP contribution in [0.25, 0.3) is 11.0 Å². The number of rotatable bonds is 5. The number of ether oxygens (including phenoxy) is 1. The lowest BCUT2D eigenvalue weighted by molar-refractivity contribution is 0.0565. The van der Waals surface area contributed by atoms with Gasteiger partial charge in [-0.3, -0.25) is 9.59 Å². The molecule has 3 aromatic rings. The first-order valence-electron chi connectivity index (χ1n) is 12.1. The van der Waals surface area contributed by atoms with Crippen molar-refractivity contribution in [3.05, 3.63) is 59.9 Å². The van der Waals surface area contributed by atoms with Gasteiger partial charge >= 0.3 is 0 Å². The van der Waals surface area contributed by atoms with Crippen molar-refractivity contribution in [2.75, 3.05) is 38.6 Å². The first-order valence-corrected chi connectivity index (χ1v) is 12.1. The van der Waals surface area contributed by atoms with Gasteiger partial charge in [-0.25, -0.2) is 0 Å². The van der Waals surface area contributed by atoms with Gasteiger partial charge in [-0.2, -0.15) is 0 Å². The lowest BCUT2D eigenvalue weighted by Gasteiger charge is -2.40. The molecular formula is C27H31N3O4. The number of hydrogen-bond acceptors (Lipinski definition) is 5. The van der Waals surface area contributed by atoms with Gasteiger partial charge in [-0.1, -0.05) is 24.6 Å². The maximum atomic E-state index is 13.5. The van der Waals surface area contributed by atoms with Gasteiger partial charge in [-0.15, -0.1) is 0 Å². The first kappa shape index (κ1) is 22.5. The van der Waals surface area contributed by atoms with Crippen molar-refractivity contribution in [2.24, 2.45) is 0 Å². The molecule has 2 fully saturated rings. The van der Waals surface area contributed by atoms with Crippen molar-refractivity contribution in [3.8, 4) is 5.75 Å². The van der Waals surface area contributed by atoms with E-state index in [2.05, 4.69) is 10.2 Å². The van der Waals surface area contributed by atoms with E-state index in [4.69, 9.17) is 9.15 Å².